The fraction of sp³-hybridized carbons (Fsp3) is 0.833. The Hall–Kier alpha value is -2.49. The van der Waals surface area contributed by atoms with Crippen molar-refractivity contribution < 1.29 is 33.8 Å². The summed E-state index contributed by atoms with van der Waals surface area (Å²) in [6.07, 6.45) is 18.6. The number of unbranched alkanes of at least 4 members (excludes halogenated alkanes) is 14. The van der Waals surface area contributed by atoms with Crippen LogP contribution in [0.1, 0.15) is 135 Å². The van der Waals surface area contributed by atoms with Crippen LogP contribution >= 0.6 is 0 Å². The Morgan fingerprint density at radius 1 is 0.850 bits per heavy atom. The first-order valence-electron chi connectivity index (χ1n) is 15.6. The summed E-state index contributed by atoms with van der Waals surface area (Å²) in [7, 11) is 0. The molecule has 0 saturated carbocycles. The van der Waals surface area contributed by atoms with Gasteiger partial charge in [0.15, 0.2) is 0 Å². The summed E-state index contributed by atoms with van der Waals surface area (Å²) >= 11 is 0. The van der Waals surface area contributed by atoms with Crippen molar-refractivity contribution >= 4 is 29.7 Å². The molecule has 1 heterocycles. The van der Waals surface area contributed by atoms with Gasteiger partial charge in [0, 0.05) is 19.4 Å². The van der Waals surface area contributed by atoms with E-state index in [0.717, 1.165) is 19.3 Å². The zero-order valence-electron chi connectivity index (χ0n) is 24.6. The lowest BCUT2D eigenvalue weighted by atomic mass is 10.0. The quantitative estimate of drug-likeness (QED) is 0.0917. The van der Waals surface area contributed by atoms with Crippen molar-refractivity contribution in [1.29, 1.82) is 0 Å². The van der Waals surface area contributed by atoms with Gasteiger partial charge in [0.2, 0.25) is 11.8 Å². The molecule has 1 aliphatic heterocycles. The zero-order chi connectivity index (χ0) is 29.6. The van der Waals surface area contributed by atoms with Crippen molar-refractivity contribution in [2.24, 2.45) is 5.73 Å². The molecule has 0 aromatic carbocycles. The van der Waals surface area contributed by atoms with Crippen LogP contribution in [0.3, 0.4) is 0 Å². The average Bonchev–Trinajstić information content (AvgIpc) is 3.42. The van der Waals surface area contributed by atoms with E-state index in [2.05, 4.69) is 12.2 Å². The van der Waals surface area contributed by atoms with Gasteiger partial charge in [-0.2, -0.15) is 0 Å². The van der Waals surface area contributed by atoms with E-state index in [0.29, 0.717) is 25.8 Å². The first-order chi connectivity index (χ1) is 19.3. The van der Waals surface area contributed by atoms with Gasteiger partial charge in [-0.15, -0.1) is 0 Å². The SMILES string of the molecule is CCCCCCCCCCCCCCCCCC(=O)OC(=O)[C@H](CCC(=O)O)NC(=O)[C@@H]1CCCN1C(=O)CN. The van der Waals surface area contributed by atoms with Crippen molar-refractivity contribution in [1.82, 2.24) is 10.2 Å². The number of rotatable bonds is 23. The van der Waals surface area contributed by atoms with Gasteiger partial charge in [0.25, 0.3) is 0 Å². The molecule has 1 fully saturated rings. The number of carboxylic acid groups (broad SMARTS) is 1. The number of carbonyl (C=O) groups excluding carboxylic acids is 4. The van der Waals surface area contributed by atoms with Crippen LogP contribution in [0.2, 0.25) is 0 Å². The lowest BCUT2D eigenvalue weighted by molar-refractivity contribution is -0.162. The Labute approximate surface area is 240 Å². The third kappa shape index (κ3) is 15.9. The van der Waals surface area contributed by atoms with Crippen molar-refractivity contribution in [3.63, 3.8) is 0 Å². The summed E-state index contributed by atoms with van der Waals surface area (Å²) in [6.45, 7) is 2.39. The molecule has 2 atom stereocenters. The number of amides is 2. The fourth-order valence-corrected chi connectivity index (χ4v) is 5.11. The number of esters is 2. The first-order valence-corrected chi connectivity index (χ1v) is 15.6. The highest BCUT2D eigenvalue weighted by Crippen LogP contribution is 2.18. The molecular weight excluding hydrogens is 514 g/mol. The molecule has 1 rings (SSSR count). The van der Waals surface area contributed by atoms with Crippen LogP contribution < -0.4 is 11.1 Å². The molecule has 4 N–H and O–H groups in total. The number of nitrogens with one attached hydrogen (secondary N) is 1. The lowest BCUT2D eigenvalue weighted by Crippen LogP contribution is -2.52. The summed E-state index contributed by atoms with van der Waals surface area (Å²) in [5.41, 5.74) is 5.41. The Kier molecular flexibility index (Phi) is 19.7. The fourth-order valence-electron chi connectivity index (χ4n) is 5.11. The maximum absolute atomic E-state index is 12.8. The number of carbonyl (C=O) groups is 5. The summed E-state index contributed by atoms with van der Waals surface area (Å²) in [5.74, 6) is -3.76. The van der Waals surface area contributed by atoms with E-state index in [1.807, 2.05) is 0 Å². The molecule has 10 heteroatoms. The molecule has 0 aliphatic carbocycles. The third-order valence-electron chi connectivity index (χ3n) is 7.50. The van der Waals surface area contributed by atoms with Crippen LogP contribution in [0.25, 0.3) is 0 Å². The molecule has 0 spiro atoms. The average molecular weight is 568 g/mol. The molecule has 0 aromatic heterocycles. The van der Waals surface area contributed by atoms with E-state index in [1.54, 1.807) is 0 Å². The van der Waals surface area contributed by atoms with Crippen LogP contribution in [0.5, 0.6) is 0 Å². The minimum Gasteiger partial charge on any atom is -0.481 e. The number of hydrogen-bond acceptors (Lipinski definition) is 7. The molecule has 10 nitrogen and oxygen atoms in total. The molecule has 0 bridgehead atoms. The van der Waals surface area contributed by atoms with E-state index in [9.17, 15) is 24.0 Å². The van der Waals surface area contributed by atoms with E-state index in [1.165, 1.54) is 75.5 Å². The molecule has 0 aromatic rings. The standard InChI is InChI=1S/C30H53N3O7/c1-2-3-4-5-6-7-8-9-10-11-12-13-14-15-16-19-28(37)40-30(39)24(20-21-27(35)36)32-29(38)25-18-17-22-33(25)26(34)23-31/h24-25H,2-23,31H2,1H3,(H,32,38)(H,35,36)/t24-,25-/m0/s1. The molecular formula is C30H53N3O7. The highest BCUT2D eigenvalue weighted by atomic mass is 16.6. The lowest BCUT2D eigenvalue weighted by Gasteiger charge is -2.25. The monoisotopic (exact) mass is 567 g/mol. The Balaban J connectivity index is 2.25. The predicted octanol–water partition coefficient (Wildman–Crippen LogP) is 4.62. The van der Waals surface area contributed by atoms with Crippen LogP contribution in [0.4, 0.5) is 0 Å². The highest BCUT2D eigenvalue weighted by molar-refractivity contribution is 5.94. The maximum Gasteiger partial charge on any atom is 0.336 e. The number of nitrogens with two attached hydrogens (primary N) is 1. The van der Waals surface area contributed by atoms with E-state index < -0.39 is 35.9 Å². The molecule has 40 heavy (non-hydrogen) atoms. The number of likely N-dealkylation sites (tertiary alicyclic amines) is 1. The summed E-state index contributed by atoms with van der Waals surface area (Å²) in [5, 5.41) is 11.5. The number of nitrogens with zero attached hydrogens (tertiary/aromatic N) is 1. The summed E-state index contributed by atoms with van der Waals surface area (Å²) in [6, 6.07) is -2.07. The van der Waals surface area contributed by atoms with Crippen LogP contribution in [0.15, 0.2) is 0 Å². The minimum absolute atomic E-state index is 0.0883. The molecule has 0 radical (unpaired) electrons. The van der Waals surface area contributed by atoms with Crippen molar-refractivity contribution in [2.45, 2.75) is 147 Å². The van der Waals surface area contributed by atoms with Gasteiger partial charge >= 0.3 is 17.9 Å². The van der Waals surface area contributed by atoms with Gasteiger partial charge in [-0.25, -0.2) is 4.79 Å². The normalized spacial score (nSPS) is 15.6. The van der Waals surface area contributed by atoms with Gasteiger partial charge in [-0.1, -0.05) is 96.8 Å². The number of hydrogen-bond donors (Lipinski definition) is 3. The third-order valence-corrected chi connectivity index (χ3v) is 7.50. The Bertz CT molecular complexity index is 774. The van der Waals surface area contributed by atoms with E-state index in [-0.39, 0.29) is 31.7 Å². The van der Waals surface area contributed by atoms with Gasteiger partial charge < -0.3 is 25.8 Å². The number of aliphatic carboxylic acids is 1. The second-order valence-electron chi connectivity index (χ2n) is 10.9. The molecule has 0 unspecified atom stereocenters. The van der Waals surface area contributed by atoms with Gasteiger partial charge in [0.1, 0.15) is 12.1 Å². The highest BCUT2D eigenvalue weighted by Gasteiger charge is 2.36. The first kappa shape index (κ1) is 35.5. The second-order valence-corrected chi connectivity index (χ2v) is 10.9. The van der Waals surface area contributed by atoms with Crippen LogP contribution in [-0.2, 0) is 28.7 Å². The largest absolute Gasteiger partial charge is 0.481 e. The van der Waals surface area contributed by atoms with Crippen LogP contribution in [-0.4, -0.2) is 64.9 Å². The molecule has 2 amide bonds. The second kappa shape index (κ2) is 22.2. The predicted molar refractivity (Wildman–Crippen MR) is 153 cm³/mol. The summed E-state index contributed by atoms with van der Waals surface area (Å²) in [4.78, 5) is 62.0. The van der Waals surface area contributed by atoms with Crippen molar-refractivity contribution in [2.75, 3.05) is 13.1 Å². The van der Waals surface area contributed by atoms with E-state index >= 15 is 0 Å². The zero-order valence-corrected chi connectivity index (χ0v) is 24.6. The van der Waals surface area contributed by atoms with Crippen LogP contribution in [0, 0.1) is 0 Å². The van der Waals surface area contributed by atoms with Crippen molar-refractivity contribution in [3.8, 4) is 0 Å². The van der Waals surface area contributed by atoms with E-state index in [4.69, 9.17) is 15.6 Å². The topological polar surface area (TPSA) is 156 Å². The number of carboxylic acids is 1. The van der Waals surface area contributed by atoms with Gasteiger partial charge in [-0.05, 0) is 25.7 Å². The minimum atomic E-state index is -1.29. The summed E-state index contributed by atoms with van der Waals surface area (Å²) < 4.78 is 4.94. The molecule has 1 aliphatic rings. The number of ether oxygens (including phenoxy) is 1. The van der Waals surface area contributed by atoms with Gasteiger partial charge in [0.05, 0.1) is 6.54 Å². The molecule has 230 valence electrons. The smallest absolute Gasteiger partial charge is 0.336 e. The Morgan fingerprint density at radius 2 is 1.38 bits per heavy atom. The maximum atomic E-state index is 12.8. The molecule has 1 saturated heterocycles. The Morgan fingerprint density at radius 3 is 1.88 bits per heavy atom. The van der Waals surface area contributed by atoms with Crippen molar-refractivity contribution in [3.05, 3.63) is 0 Å². The van der Waals surface area contributed by atoms with Gasteiger partial charge in [-0.3, -0.25) is 19.2 Å².